The summed E-state index contributed by atoms with van der Waals surface area (Å²) >= 11 is 0. The molecular weight excluding hydrogens is 232 g/mol. The first-order chi connectivity index (χ1) is 8.67. The number of rotatable bonds is 2. The highest BCUT2D eigenvalue weighted by molar-refractivity contribution is 5.79. The number of aromatic nitrogens is 3. The summed E-state index contributed by atoms with van der Waals surface area (Å²) in [6.07, 6.45) is 0. The molecule has 0 aliphatic rings. The minimum Gasteiger partial charge on any atom is -0.408 e. The highest BCUT2D eigenvalue weighted by Crippen LogP contribution is 2.24. The van der Waals surface area contributed by atoms with Gasteiger partial charge in [-0.1, -0.05) is 0 Å². The summed E-state index contributed by atoms with van der Waals surface area (Å²) in [5.74, 6) is 0.358. The monoisotopic (exact) mass is 244 g/mol. The quantitative estimate of drug-likeness (QED) is 0.717. The van der Waals surface area contributed by atoms with Gasteiger partial charge in [-0.3, -0.25) is 9.67 Å². The van der Waals surface area contributed by atoms with Crippen LogP contribution in [-0.2, 0) is 7.05 Å². The maximum Gasteiger partial charge on any atom is 0.417 e. The standard InChI is InChI=1S/C12H12N4O2/c1-13-11-6-9(16(2)15-11)7-3-4-10-8(5-7)14-12(17)18-10/h3-6H,1-2H3,(H,13,15)(H,14,17). The Bertz CT molecular complexity index is 766. The summed E-state index contributed by atoms with van der Waals surface area (Å²) in [7, 11) is 3.70. The van der Waals surface area contributed by atoms with Crippen molar-refractivity contribution in [3.8, 4) is 11.3 Å². The predicted octanol–water partition coefficient (Wildman–Crippen LogP) is 1.56. The lowest BCUT2D eigenvalue weighted by Crippen LogP contribution is -1.95. The van der Waals surface area contributed by atoms with Crippen LogP contribution in [-0.4, -0.2) is 21.8 Å². The second-order valence-corrected chi connectivity index (χ2v) is 4.01. The van der Waals surface area contributed by atoms with E-state index in [0.29, 0.717) is 11.1 Å². The van der Waals surface area contributed by atoms with Gasteiger partial charge in [-0.15, -0.1) is 0 Å². The van der Waals surface area contributed by atoms with Crippen molar-refractivity contribution in [2.24, 2.45) is 7.05 Å². The van der Waals surface area contributed by atoms with Crippen LogP contribution >= 0.6 is 0 Å². The minimum atomic E-state index is -0.442. The lowest BCUT2D eigenvalue weighted by atomic mass is 10.1. The predicted molar refractivity (Wildman–Crippen MR) is 68.6 cm³/mol. The van der Waals surface area contributed by atoms with Gasteiger partial charge in [-0.2, -0.15) is 5.10 Å². The van der Waals surface area contributed by atoms with E-state index in [1.165, 1.54) is 0 Å². The molecule has 0 unspecified atom stereocenters. The van der Waals surface area contributed by atoms with Crippen molar-refractivity contribution >= 4 is 16.9 Å². The lowest BCUT2D eigenvalue weighted by Gasteiger charge is -2.00. The molecule has 92 valence electrons. The van der Waals surface area contributed by atoms with E-state index in [2.05, 4.69) is 15.4 Å². The smallest absolute Gasteiger partial charge is 0.408 e. The Kier molecular flexibility index (Phi) is 2.22. The molecule has 2 aromatic heterocycles. The van der Waals surface area contributed by atoms with E-state index in [1.54, 1.807) is 10.7 Å². The number of nitrogens with zero attached hydrogens (tertiary/aromatic N) is 2. The van der Waals surface area contributed by atoms with Crippen molar-refractivity contribution in [2.45, 2.75) is 0 Å². The Morgan fingerprint density at radius 3 is 2.94 bits per heavy atom. The number of hydrogen-bond donors (Lipinski definition) is 2. The number of oxazole rings is 1. The van der Waals surface area contributed by atoms with E-state index < -0.39 is 5.76 Å². The summed E-state index contributed by atoms with van der Waals surface area (Å²) in [5, 5.41) is 7.29. The number of nitrogens with one attached hydrogen (secondary N) is 2. The molecular formula is C12H12N4O2. The molecule has 0 aliphatic heterocycles. The van der Waals surface area contributed by atoms with Crippen LogP contribution in [0.4, 0.5) is 5.82 Å². The molecule has 0 saturated carbocycles. The van der Waals surface area contributed by atoms with Crippen LogP contribution in [0.3, 0.4) is 0 Å². The number of aromatic amines is 1. The fraction of sp³-hybridized carbons (Fsp3) is 0.167. The molecule has 2 N–H and O–H groups in total. The minimum absolute atomic E-state index is 0.442. The van der Waals surface area contributed by atoms with E-state index in [4.69, 9.17) is 4.42 Å². The van der Waals surface area contributed by atoms with Crippen LogP contribution in [0.1, 0.15) is 0 Å². The fourth-order valence-corrected chi connectivity index (χ4v) is 1.97. The van der Waals surface area contributed by atoms with Gasteiger partial charge in [0.05, 0.1) is 11.2 Å². The highest BCUT2D eigenvalue weighted by atomic mass is 16.4. The number of benzene rings is 1. The van der Waals surface area contributed by atoms with Crippen molar-refractivity contribution < 1.29 is 4.42 Å². The first-order valence-corrected chi connectivity index (χ1v) is 5.52. The van der Waals surface area contributed by atoms with Crippen molar-refractivity contribution in [3.05, 3.63) is 34.8 Å². The Balaban J connectivity index is 2.18. The van der Waals surface area contributed by atoms with E-state index >= 15 is 0 Å². The average molecular weight is 244 g/mol. The van der Waals surface area contributed by atoms with Gasteiger partial charge >= 0.3 is 5.76 Å². The molecule has 0 radical (unpaired) electrons. The third-order valence-corrected chi connectivity index (χ3v) is 2.85. The maximum absolute atomic E-state index is 11.1. The third kappa shape index (κ3) is 1.58. The summed E-state index contributed by atoms with van der Waals surface area (Å²) in [6, 6.07) is 7.49. The van der Waals surface area contributed by atoms with Crippen molar-refractivity contribution in [1.29, 1.82) is 0 Å². The van der Waals surface area contributed by atoms with Gasteiger partial charge in [0, 0.05) is 25.7 Å². The van der Waals surface area contributed by atoms with E-state index in [1.807, 2.05) is 32.3 Å². The van der Waals surface area contributed by atoms with Gasteiger partial charge in [0.1, 0.15) is 5.82 Å². The molecule has 0 saturated heterocycles. The van der Waals surface area contributed by atoms with Gasteiger partial charge < -0.3 is 9.73 Å². The normalized spacial score (nSPS) is 11.0. The molecule has 6 heteroatoms. The summed E-state index contributed by atoms with van der Waals surface area (Å²) < 4.78 is 6.75. The number of H-pyrrole nitrogens is 1. The molecule has 2 heterocycles. The van der Waals surface area contributed by atoms with Crippen LogP contribution in [0.15, 0.2) is 33.5 Å². The van der Waals surface area contributed by atoms with Gasteiger partial charge in [-0.05, 0) is 18.2 Å². The van der Waals surface area contributed by atoms with Crippen molar-refractivity contribution in [3.63, 3.8) is 0 Å². The first kappa shape index (κ1) is 10.6. The Morgan fingerprint density at radius 2 is 2.22 bits per heavy atom. The maximum atomic E-state index is 11.1. The van der Waals surface area contributed by atoms with Crippen LogP contribution in [0.25, 0.3) is 22.4 Å². The van der Waals surface area contributed by atoms with Gasteiger partial charge in [0.25, 0.3) is 0 Å². The van der Waals surface area contributed by atoms with Crippen LogP contribution in [0, 0.1) is 0 Å². The van der Waals surface area contributed by atoms with Crippen LogP contribution in [0.5, 0.6) is 0 Å². The molecule has 0 spiro atoms. The molecule has 0 amide bonds. The Labute approximate surface area is 102 Å². The molecule has 6 nitrogen and oxygen atoms in total. The van der Waals surface area contributed by atoms with Gasteiger partial charge in [0.15, 0.2) is 5.58 Å². The van der Waals surface area contributed by atoms with E-state index in [-0.39, 0.29) is 0 Å². The first-order valence-electron chi connectivity index (χ1n) is 5.52. The second-order valence-electron chi connectivity index (χ2n) is 4.01. The Morgan fingerprint density at radius 1 is 1.39 bits per heavy atom. The SMILES string of the molecule is CNc1cc(-c2ccc3oc(=O)[nH]c3c2)n(C)n1. The molecule has 1 aromatic carbocycles. The summed E-state index contributed by atoms with van der Waals surface area (Å²) in [6.45, 7) is 0. The number of fused-ring (bicyclic) bond motifs is 1. The van der Waals surface area contributed by atoms with Crippen molar-refractivity contribution in [2.75, 3.05) is 12.4 Å². The van der Waals surface area contributed by atoms with Crippen molar-refractivity contribution in [1.82, 2.24) is 14.8 Å². The van der Waals surface area contributed by atoms with Crippen LogP contribution < -0.4 is 11.1 Å². The van der Waals surface area contributed by atoms with Gasteiger partial charge in [0.2, 0.25) is 0 Å². The lowest BCUT2D eigenvalue weighted by molar-refractivity contribution is 0.555. The average Bonchev–Trinajstić information content (AvgIpc) is 2.89. The third-order valence-electron chi connectivity index (χ3n) is 2.85. The molecule has 18 heavy (non-hydrogen) atoms. The number of anilines is 1. The molecule has 0 bridgehead atoms. The van der Waals surface area contributed by atoms with Gasteiger partial charge in [-0.25, -0.2) is 4.79 Å². The zero-order chi connectivity index (χ0) is 12.7. The summed E-state index contributed by atoms with van der Waals surface area (Å²) in [5.41, 5.74) is 3.17. The molecule has 0 atom stereocenters. The summed E-state index contributed by atoms with van der Waals surface area (Å²) in [4.78, 5) is 13.7. The van der Waals surface area contributed by atoms with Crippen LogP contribution in [0.2, 0.25) is 0 Å². The zero-order valence-electron chi connectivity index (χ0n) is 10.0. The molecule has 0 fully saturated rings. The molecule has 0 aliphatic carbocycles. The number of hydrogen-bond acceptors (Lipinski definition) is 4. The molecule has 3 rings (SSSR count). The Hall–Kier alpha value is -2.50. The topological polar surface area (TPSA) is 75.8 Å². The zero-order valence-corrected chi connectivity index (χ0v) is 10.0. The second kappa shape index (κ2) is 3.76. The van der Waals surface area contributed by atoms with E-state index in [9.17, 15) is 4.79 Å². The fourth-order valence-electron chi connectivity index (χ4n) is 1.97. The molecule has 3 aromatic rings. The number of aryl methyl sites for hydroxylation is 1. The highest BCUT2D eigenvalue weighted by Gasteiger charge is 2.08. The largest absolute Gasteiger partial charge is 0.417 e. The van der Waals surface area contributed by atoms with E-state index in [0.717, 1.165) is 17.1 Å².